The first kappa shape index (κ1) is 18.0. The molecule has 4 nitrogen and oxygen atoms in total. The molecular weight excluding hydrogens is 367 g/mol. The van der Waals surface area contributed by atoms with E-state index in [1.54, 1.807) is 18.2 Å². The van der Waals surface area contributed by atoms with E-state index < -0.39 is 5.82 Å². The highest BCUT2D eigenvalue weighted by atomic mass is 35.5. The highest BCUT2D eigenvalue weighted by Crippen LogP contribution is 2.38. The van der Waals surface area contributed by atoms with Crippen LogP contribution in [-0.2, 0) is 11.2 Å². The normalized spacial score (nSPS) is 23.5. The van der Waals surface area contributed by atoms with Crippen LogP contribution in [0.5, 0.6) is 0 Å². The predicted octanol–water partition coefficient (Wildman–Crippen LogP) is 3.44. The monoisotopic (exact) mass is 386 g/mol. The Morgan fingerprint density at radius 1 is 1.11 bits per heavy atom. The molecule has 27 heavy (non-hydrogen) atoms. The maximum Gasteiger partial charge on any atom is 0.251 e. The van der Waals surface area contributed by atoms with E-state index in [9.17, 15) is 14.0 Å². The number of hydrogen-bond donors (Lipinski definition) is 1. The molecule has 2 aliphatic rings. The van der Waals surface area contributed by atoms with E-state index >= 15 is 0 Å². The molecule has 0 spiro atoms. The molecular formula is C21H20ClFN2O2. The molecule has 1 heterocycles. The van der Waals surface area contributed by atoms with Gasteiger partial charge in [0.25, 0.3) is 5.91 Å². The molecule has 1 saturated carbocycles. The number of fused-ring (bicyclic) bond motifs is 2. The van der Waals surface area contributed by atoms with E-state index in [0.29, 0.717) is 12.1 Å². The third-order valence-corrected chi connectivity index (χ3v) is 5.96. The molecule has 0 radical (unpaired) electrons. The van der Waals surface area contributed by atoms with Gasteiger partial charge in [0.2, 0.25) is 5.91 Å². The van der Waals surface area contributed by atoms with E-state index in [2.05, 4.69) is 5.32 Å². The van der Waals surface area contributed by atoms with Crippen LogP contribution in [0.3, 0.4) is 0 Å². The lowest BCUT2D eigenvalue weighted by atomic mass is 10.0. The Bertz CT molecular complexity index is 853. The Kier molecular flexibility index (Phi) is 4.87. The highest BCUT2D eigenvalue weighted by Gasteiger charge is 2.46. The number of likely N-dealkylation sites (tertiary alicyclic amines) is 1. The van der Waals surface area contributed by atoms with Crippen LogP contribution < -0.4 is 5.32 Å². The quantitative estimate of drug-likeness (QED) is 0.875. The van der Waals surface area contributed by atoms with Crippen molar-refractivity contribution in [3.8, 4) is 0 Å². The maximum atomic E-state index is 13.9. The summed E-state index contributed by atoms with van der Waals surface area (Å²) in [7, 11) is 0. The molecule has 4 rings (SSSR count). The van der Waals surface area contributed by atoms with Gasteiger partial charge in [-0.25, -0.2) is 4.39 Å². The standard InChI is InChI=1S/C21H20ClFN2O2/c22-17-7-4-8-18(23)16(17)11-20(26)25-12-14-9-15(25)10-19(14)24-21(27)13-5-2-1-3-6-13/h1-8,14-15,19H,9-12H2,(H,24,27). The topological polar surface area (TPSA) is 49.4 Å². The molecule has 1 aliphatic heterocycles. The van der Waals surface area contributed by atoms with Crippen molar-refractivity contribution in [3.63, 3.8) is 0 Å². The Labute approximate surface area is 162 Å². The van der Waals surface area contributed by atoms with Crippen molar-refractivity contribution in [1.82, 2.24) is 10.2 Å². The van der Waals surface area contributed by atoms with Crippen molar-refractivity contribution in [2.75, 3.05) is 6.54 Å². The number of amides is 2. The van der Waals surface area contributed by atoms with Gasteiger partial charge in [0.15, 0.2) is 0 Å². The van der Waals surface area contributed by atoms with Gasteiger partial charge in [-0.1, -0.05) is 35.9 Å². The number of rotatable bonds is 4. The predicted molar refractivity (Wildman–Crippen MR) is 101 cm³/mol. The lowest BCUT2D eigenvalue weighted by Gasteiger charge is -2.32. The second-order valence-electron chi connectivity index (χ2n) is 7.25. The number of carbonyl (C=O) groups excluding carboxylic acids is 2. The molecule has 140 valence electrons. The van der Waals surface area contributed by atoms with Gasteiger partial charge in [0, 0.05) is 34.8 Å². The van der Waals surface area contributed by atoms with E-state index in [0.717, 1.165) is 12.8 Å². The third kappa shape index (κ3) is 3.56. The Morgan fingerprint density at radius 3 is 2.56 bits per heavy atom. The third-order valence-electron chi connectivity index (χ3n) is 5.60. The number of carbonyl (C=O) groups is 2. The smallest absolute Gasteiger partial charge is 0.251 e. The Hall–Kier alpha value is -2.40. The van der Waals surface area contributed by atoms with Crippen LogP contribution in [-0.4, -0.2) is 35.3 Å². The number of nitrogens with zero attached hydrogens (tertiary/aromatic N) is 1. The van der Waals surface area contributed by atoms with Crippen LogP contribution in [0.4, 0.5) is 4.39 Å². The van der Waals surface area contributed by atoms with Crippen LogP contribution in [0.25, 0.3) is 0 Å². The van der Waals surface area contributed by atoms with Gasteiger partial charge in [-0.2, -0.15) is 0 Å². The summed E-state index contributed by atoms with van der Waals surface area (Å²) in [6, 6.07) is 13.7. The summed E-state index contributed by atoms with van der Waals surface area (Å²) < 4.78 is 13.9. The zero-order valence-electron chi connectivity index (χ0n) is 14.7. The number of piperidine rings is 1. The molecule has 2 aromatic rings. The van der Waals surface area contributed by atoms with Gasteiger partial charge >= 0.3 is 0 Å². The minimum Gasteiger partial charge on any atom is -0.349 e. The summed E-state index contributed by atoms with van der Waals surface area (Å²) in [4.78, 5) is 26.9. The molecule has 3 unspecified atom stereocenters. The second-order valence-corrected chi connectivity index (χ2v) is 7.66. The van der Waals surface area contributed by atoms with Crippen molar-refractivity contribution in [3.05, 3.63) is 70.5 Å². The van der Waals surface area contributed by atoms with Gasteiger partial charge in [-0.15, -0.1) is 0 Å². The van der Waals surface area contributed by atoms with Crippen molar-refractivity contribution in [2.45, 2.75) is 31.3 Å². The van der Waals surface area contributed by atoms with Crippen molar-refractivity contribution in [2.24, 2.45) is 5.92 Å². The molecule has 2 aromatic carbocycles. The summed E-state index contributed by atoms with van der Waals surface area (Å²) in [5.74, 6) is -0.401. The molecule has 1 N–H and O–H groups in total. The largest absolute Gasteiger partial charge is 0.349 e. The van der Waals surface area contributed by atoms with Crippen LogP contribution in [0.2, 0.25) is 5.02 Å². The first-order chi connectivity index (χ1) is 13.0. The van der Waals surface area contributed by atoms with Crippen LogP contribution in [0, 0.1) is 11.7 Å². The summed E-state index contributed by atoms with van der Waals surface area (Å²) in [6.07, 6.45) is 1.58. The van der Waals surface area contributed by atoms with Crippen molar-refractivity contribution >= 4 is 23.4 Å². The molecule has 2 amide bonds. The van der Waals surface area contributed by atoms with Gasteiger partial charge < -0.3 is 10.2 Å². The zero-order chi connectivity index (χ0) is 19.0. The van der Waals surface area contributed by atoms with Crippen LogP contribution in [0.1, 0.15) is 28.8 Å². The average molecular weight is 387 g/mol. The average Bonchev–Trinajstić information content (AvgIpc) is 3.26. The summed E-state index contributed by atoms with van der Waals surface area (Å²) in [5.41, 5.74) is 0.892. The van der Waals surface area contributed by atoms with E-state index in [-0.39, 0.29) is 46.8 Å². The Morgan fingerprint density at radius 2 is 1.89 bits per heavy atom. The van der Waals surface area contributed by atoms with Gasteiger partial charge in [0.1, 0.15) is 5.82 Å². The van der Waals surface area contributed by atoms with Crippen LogP contribution >= 0.6 is 11.6 Å². The molecule has 2 fully saturated rings. The summed E-state index contributed by atoms with van der Waals surface area (Å²) in [6.45, 7) is 0.593. The minimum absolute atomic E-state index is 0.0320. The van der Waals surface area contributed by atoms with E-state index in [1.165, 1.54) is 12.1 Å². The fourth-order valence-electron chi connectivity index (χ4n) is 4.23. The van der Waals surface area contributed by atoms with Crippen molar-refractivity contribution < 1.29 is 14.0 Å². The number of nitrogens with one attached hydrogen (secondary N) is 1. The zero-order valence-corrected chi connectivity index (χ0v) is 15.5. The molecule has 6 heteroatoms. The molecule has 3 atom stereocenters. The van der Waals surface area contributed by atoms with E-state index in [1.807, 2.05) is 23.1 Å². The molecule has 0 aromatic heterocycles. The molecule has 2 bridgehead atoms. The SMILES string of the molecule is O=C(NC1CC2CC1CN2C(=O)Cc1c(F)cccc1Cl)c1ccccc1. The summed E-state index contributed by atoms with van der Waals surface area (Å²) >= 11 is 6.04. The van der Waals surface area contributed by atoms with Gasteiger partial charge in [-0.3, -0.25) is 9.59 Å². The number of halogens is 2. The fraction of sp³-hybridized carbons (Fsp3) is 0.333. The van der Waals surface area contributed by atoms with Gasteiger partial charge in [-0.05, 0) is 43.0 Å². The van der Waals surface area contributed by atoms with Gasteiger partial charge in [0.05, 0.1) is 6.42 Å². The minimum atomic E-state index is -0.451. The summed E-state index contributed by atoms with van der Waals surface area (Å²) in [5, 5.41) is 3.37. The molecule has 1 aliphatic carbocycles. The highest BCUT2D eigenvalue weighted by molar-refractivity contribution is 6.31. The Balaban J connectivity index is 1.37. The number of hydrogen-bond acceptors (Lipinski definition) is 2. The lowest BCUT2D eigenvalue weighted by Crippen LogP contribution is -2.48. The van der Waals surface area contributed by atoms with Crippen molar-refractivity contribution in [1.29, 1.82) is 0 Å². The fourth-order valence-corrected chi connectivity index (χ4v) is 4.46. The second kappa shape index (κ2) is 7.31. The molecule has 1 saturated heterocycles. The first-order valence-electron chi connectivity index (χ1n) is 9.11. The number of benzene rings is 2. The first-order valence-corrected chi connectivity index (χ1v) is 9.49. The van der Waals surface area contributed by atoms with E-state index in [4.69, 9.17) is 11.6 Å². The van der Waals surface area contributed by atoms with Crippen LogP contribution in [0.15, 0.2) is 48.5 Å². The lowest BCUT2D eigenvalue weighted by molar-refractivity contribution is -0.132. The maximum absolute atomic E-state index is 13.9.